The summed E-state index contributed by atoms with van der Waals surface area (Å²) in [6, 6.07) is 10.6. The lowest BCUT2D eigenvalue weighted by Crippen LogP contribution is -2.11. The molecule has 4 N–H and O–H groups in total. The normalized spacial score (nSPS) is 11.7. The van der Waals surface area contributed by atoms with Crippen LogP contribution in [0.4, 0.5) is 14.5 Å². The maximum Gasteiger partial charge on any atom is 0.335 e. The molecule has 0 aromatic heterocycles. The van der Waals surface area contributed by atoms with Crippen molar-refractivity contribution < 1.29 is 32.4 Å². The molecule has 0 amide bonds. The molecule has 0 radical (unpaired) electrons. The van der Waals surface area contributed by atoms with E-state index in [0.717, 1.165) is 18.2 Å². The highest BCUT2D eigenvalue weighted by atomic mass is 35.5. The summed E-state index contributed by atoms with van der Waals surface area (Å²) in [6.07, 6.45) is 0. The van der Waals surface area contributed by atoms with Gasteiger partial charge < -0.3 is 20.3 Å². The molecule has 0 spiro atoms. The van der Waals surface area contributed by atoms with E-state index in [2.05, 4.69) is 4.72 Å². The molecule has 0 fully saturated rings. The van der Waals surface area contributed by atoms with E-state index >= 15 is 0 Å². The molecule has 0 bridgehead atoms. The summed E-state index contributed by atoms with van der Waals surface area (Å²) >= 11 is 6.05. The van der Waals surface area contributed by atoms with Gasteiger partial charge in [-0.3, -0.25) is 4.72 Å². The SMILES string of the molecule is COc1c(Cl)cc(C(=O)O)cc1S(=O)Nc1cc(-c2ccccc2OCCN)c(F)cc1F. The predicted molar refractivity (Wildman–Crippen MR) is 121 cm³/mol. The van der Waals surface area contributed by atoms with Crippen molar-refractivity contribution in [3.8, 4) is 22.6 Å². The van der Waals surface area contributed by atoms with E-state index < -0.39 is 28.6 Å². The molecule has 7 nitrogen and oxygen atoms in total. The van der Waals surface area contributed by atoms with Crippen LogP contribution in [0.2, 0.25) is 5.02 Å². The molecule has 0 saturated carbocycles. The first-order valence-electron chi connectivity index (χ1n) is 9.47. The van der Waals surface area contributed by atoms with Crippen LogP contribution in [0.5, 0.6) is 11.5 Å². The number of hydrogen-bond acceptors (Lipinski definition) is 5. The fourth-order valence-electron chi connectivity index (χ4n) is 3.00. The van der Waals surface area contributed by atoms with E-state index in [1.165, 1.54) is 7.11 Å². The average molecular weight is 497 g/mol. The van der Waals surface area contributed by atoms with Crippen molar-refractivity contribution in [2.75, 3.05) is 25.0 Å². The molecule has 33 heavy (non-hydrogen) atoms. The second kappa shape index (κ2) is 10.6. The molecule has 1 unspecified atom stereocenters. The van der Waals surface area contributed by atoms with Crippen LogP contribution in [0.1, 0.15) is 10.4 Å². The van der Waals surface area contributed by atoms with Gasteiger partial charge in [0.15, 0.2) is 16.7 Å². The van der Waals surface area contributed by atoms with Crippen LogP contribution in [0.15, 0.2) is 53.4 Å². The van der Waals surface area contributed by atoms with Gasteiger partial charge in [-0.25, -0.2) is 17.8 Å². The Labute approximate surface area is 195 Å². The minimum Gasteiger partial charge on any atom is -0.494 e. The molecule has 0 heterocycles. The van der Waals surface area contributed by atoms with Crippen LogP contribution >= 0.6 is 11.6 Å². The van der Waals surface area contributed by atoms with Crippen molar-refractivity contribution in [3.05, 3.63) is 70.8 Å². The maximum absolute atomic E-state index is 14.7. The van der Waals surface area contributed by atoms with Gasteiger partial charge in [-0.15, -0.1) is 0 Å². The molecule has 0 aliphatic heterocycles. The fourth-order valence-corrected chi connectivity index (χ4v) is 4.41. The summed E-state index contributed by atoms with van der Waals surface area (Å²) in [7, 11) is -0.947. The van der Waals surface area contributed by atoms with E-state index in [-0.39, 0.29) is 45.6 Å². The zero-order valence-corrected chi connectivity index (χ0v) is 18.8. The smallest absolute Gasteiger partial charge is 0.335 e. The van der Waals surface area contributed by atoms with Crippen LogP contribution in [0, 0.1) is 11.6 Å². The number of anilines is 1. The number of carboxylic acid groups (broad SMARTS) is 1. The molecule has 0 saturated heterocycles. The lowest BCUT2D eigenvalue weighted by Gasteiger charge is -2.15. The number of methoxy groups -OCH3 is 1. The molecule has 0 aliphatic rings. The van der Waals surface area contributed by atoms with Gasteiger partial charge in [-0.1, -0.05) is 29.8 Å². The number of carbonyl (C=O) groups is 1. The monoisotopic (exact) mass is 496 g/mol. The van der Waals surface area contributed by atoms with Crippen LogP contribution in [-0.4, -0.2) is 35.5 Å². The molecular formula is C22H19ClF2N2O5S. The summed E-state index contributed by atoms with van der Waals surface area (Å²) in [5, 5.41) is 9.16. The van der Waals surface area contributed by atoms with Gasteiger partial charge in [0.25, 0.3) is 0 Å². The molecule has 3 rings (SSSR count). The van der Waals surface area contributed by atoms with Gasteiger partial charge in [-0.2, -0.15) is 0 Å². The van der Waals surface area contributed by atoms with Gasteiger partial charge in [0.1, 0.15) is 28.9 Å². The molecular weight excluding hydrogens is 478 g/mol. The number of halogens is 3. The van der Waals surface area contributed by atoms with Crippen molar-refractivity contribution in [1.82, 2.24) is 0 Å². The number of benzene rings is 3. The lowest BCUT2D eigenvalue weighted by molar-refractivity contribution is 0.0696. The van der Waals surface area contributed by atoms with E-state index in [0.29, 0.717) is 17.4 Å². The first-order valence-corrected chi connectivity index (χ1v) is 11.0. The average Bonchev–Trinajstić information content (AvgIpc) is 2.79. The number of carboxylic acids is 1. The Balaban J connectivity index is 2.03. The quantitative estimate of drug-likeness (QED) is 0.403. The summed E-state index contributed by atoms with van der Waals surface area (Å²) < 4.78 is 55.3. The van der Waals surface area contributed by atoms with Gasteiger partial charge in [0, 0.05) is 23.7 Å². The second-order valence-corrected chi connectivity index (χ2v) is 8.20. The third-order valence-corrected chi connectivity index (χ3v) is 5.86. The third kappa shape index (κ3) is 5.41. The van der Waals surface area contributed by atoms with Gasteiger partial charge >= 0.3 is 5.97 Å². The molecule has 1 atom stereocenters. The topological polar surface area (TPSA) is 111 Å². The third-order valence-electron chi connectivity index (χ3n) is 4.47. The first-order chi connectivity index (χ1) is 15.8. The molecule has 0 aliphatic carbocycles. The number of rotatable bonds is 9. The Kier molecular flexibility index (Phi) is 7.85. The van der Waals surface area contributed by atoms with Crippen LogP contribution in [-0.2, 0) is 11.0 Å². The number of aromatic carboxylic acids is 1. The molecule has 174 valence electrons. The number of para-hydroxylation sites is 1. The molecule has 3 aromatic rings. The zero-order chi connectivity index (χ0) is 24.1. The predicted octanol–water partition coefficient (Wildman–Crippen LogP) is 4.46. The minimum atomic E-state index is -2.21. The van der Waals surface area contributed by atoms with E-state index in [1.54, 1.807) is 24.3 Å². The highest BCUT2D eigenvalue weighted by molar-refractivity contribution is 7.86. The highest BCUT2D eigenvalue weighted by Gasteiger charge is 2.21. The Morgan fingerprint density at radius 1 is 1.15 bits per heavy atom. The molecule has 3 aromatic carbocycles. The Bertz CT molecular complexity index is 1230. The summed E-state index contributed by atoms with van der Waals surface area (Å²) in [5.41, 5.74) is 5.26. The number of hydrogen-bond donors (Lipinski definition) is 3. The number of nitrogens with two attached hydrogens (primary N) is 1. The molecule has 11 heteroatoms. The van der Waals surface area contributed by atoms with Gasteiger partial charge in [0.2, 0.25) is 0 Å². The summed E-state index contributed by atoms with van der Waals surface area (Å²) in [5.74, 6) is -2.88. The van der Waals surface area contributed by atoms with Crippen molar-refractivity contribution in [1.29, 1.82) is 0 Å². The number of ether oxygens (including phenoxy) is 2. The maximum atomic E-state index is 14.7. The standard InChI is InChI=1S/C22H19ClF2N2O5S/c1-31-21-15(23)8-12(22(28)29)9-20(21)33(30)27-18-10-14(16(24)11-17(18)25)13-4-2-3-5-19(13)32-7-6-26/h2-5,8-11,27H,6-7,26H2,1H3,(H,28,29). The van der Waals surface area contributed by atoms with Crippen LogP contribution in [0.25, 0.3) is 11.1 Å². The highest BCUT2D eigenvalue weighted by Crippen LogP contribution is 2.36. The zero-order valence-electron chi connectivity index (χ0n) is 17.2. The van der Waals surface area contributed by atoms with Crippen molar-refractivity contribution >= 4 is 34.2 Å². The Morgan fingerprint density at radius 2 is 1.88 bits per heavy atom. The Hall–Kier alpha value is -3.21. The van der Waals surface area contributed by atoms with E-state index in [9.17, 15) is 22.9 Å². The largest absolute Gasteiger partial charge is 0.494 e. The van der Waals surface area contributed by atoms with E-state index in [4.69, 9.17) is 26.8 Å². The van der Waals surface area contributed by atoms with E-state index in [1.807, 2.05) is 0 Å². The fraction of sp³-hybridized carbons (Fsp3) is 0.136. The van der Waals surface area contributed by atoms with Crippen LogP contribution in [0.3, 0.4) is 0 Å². The van der Waals surface area contributed by atoms with Crippen molar-refractivity contribution in [2.45, 2.75) is 4.90 Å². The van der Waals surface area contributed by atoms with Gasteiger partial charge in [-0.05, 0) is 24.3 Å². The first kappa shape index (κ1) is 24.4. The second-order valence-electron chi connectivity index (χ2n) is 6.61. The Morgan fingerprint density at radius 3 is 2.55 bits per heavy atom. The lowest BCUT2D eigenvalue weighted by atomic mass is 10.0. The van der Waals surface area contributed by atoms with Gasteiger partial charge in [0.05, 0.1) is 23.4 Å². The van der Waals surface area contributed by atoms with Crippen LogP contribution < -0.4 is 19.9 Å². The summed E-state index contributed by atoms with van der Waals surface area (Å²) in [6.45, 7) is 0.432. The van der Waals surface area contributed by atoms with Crippen molar-refractivity contribution in [3.63, 3.8) is 0 Å². The van der Waals surface area contributed by atoms with Crippen molar-refractivity contribution in [2.24, 2.45) is 5.73 Å². The minimum absolute atomic E-state index is 0.00666. The number of nitrogens with one attached hydrogen (secondary N) is 1. The summed E-state index contributed by atoms with van der Waals surface area (Å²) in [4.78, 5) is 11.2.